The zero-order valence-corrected chi connectivity index (χ0v) is 12.5. The first-order valence-electron chi connectivity index (χ1n) is 6.89. The summed E-state index contributed by atoms with van der Waals surface area (Å²) in [6.07, 6.45) is 4.12. The van der Waals surface area contributed by atoms with Gasteiger partial charge < -0.3 is 4.90 Å². The van der Waals surface area contributed by atoms with Crippen molar-refractivity contribution in [3.8, 4) is 0 Å². The first-order chi connectivity index (χ1) is 10.3. The fourth-order valence-corrected chi connectivity index (χ4v) is 3.73. The van der Waals surface area contributed by atoms with Crippen LogP contribution in [0.5, 0.6) is 0 Å². The Hall–Kier alpha value is -2.26. The van der Waals surface area contributed by atoms with Crippen LogP contribution in [-0.2, 0) is 0 Å². The maximum Gasteiger partial charge on any atom is 0.0805 e. The number of nitrogens with zero attached hydrogens (tertiary/aromatic N) is 2. The maximum absolute atomic E-state index is 4.43. The van der Waals surface area contributed by atoms with Crippen molar-refractivity contribution in [3.63, 3.8) is 0 Å². The van der Waals surface area contributed by atoms with Gasteiger partial charge in [0, 0.05) is 23.5 Å². The molecule has 0 saturated carbocycles. The number of anilines is 1. The van der Waals surface area contributed by atoms with Crippen LogP contribution >= 0.6 is 11.8 Å². The summed E-state index contributed by atoms with van der Waals surface area (Å²) in [5, 5.41) is 2.44. The molecular weight excluding hydrogens is 276 g/mol. The molecule has 0 fully saturated rings. The second-order valence-corrected chi connectivity index (χ2v) is 6.09. The molecule has 102 valence electrons. The third kappa shape index (κ3) is 2.10. The predicted molar refractivity (Wildman–Crippen MR) is 90.4 cm³/mol. The van der Waals surface area contributed by atoms with Crippen molar-refractivity contribution in [1.82, 2.24) is 4.98 Å². The molecule has 0 atom stereocenters. The molecule has 0 bridgehead atoms. The Bertz CT molecular complexity index is 849. The minimum absolute atomic E-state index is 1.04. The van der Waals surface area contributed by atoms with Crippen molar-refractivity contribution in [2.24, 2.45) is 0 Å². The lowest BCUT2D eigenvalue weighted by molar-refractivity contribution is 1.18. The predicted octanol–water partition coefficient (Wildman–Crippen LogP) is 4.78. The largest absolute Gasteiger partial charge is 0.338 e. The smallest absolute Gasteiger partial charge is 0.0805 e. The number of para-hydroxylation sites is 2. The molecule has 2 aromatic carbocycles. The van der Waals surface area contributed by atoms with Crippen molar-refractivity contribution >= 4 is 34.4 Å². The quantitative estimate of drug-likeness (QED) is 0.642. The summed E-state index contributed by atoms with van der Waals surface area (Å²) in [5.41, 5.74) is 3.52. The van der Waals surface area contributed by atoms with E-state index in [1.54, 1.807) is 0 Å². The van der Waals surface area contributed by atoms with E-state index in [2.05, 4.69) is 71.5 Å². The van der Waals surface area contributed by atoms with Gasteiger partial charge in [-0.3, -0.25) is 4.98 Å². The number of pyridine rings is 1. The molecule has 3 heteroatoms. The minimum atomic E-state index is 1.04. The molecule has 0 radical (unpaired) electrons. The maximum atomic E-state index is 4.43. The first kappa shape index (κ1) is 12.5. The van der Waals surface area contributed by atoms with Gasteiger partial charge in [0.25, 0.3) is 0 Å². The van der Waals surface area contributed by atoms with Crippen LogP contribution < -0.4 is 4.90 Å². The van der Waals surface area contributed by atoms with Gasteiger partial charge in [0.05, 0.1) is 16.2 Å². The van der Waals surface area contributed by atoms with Gasteiger partial charge in [-0.05, 0) is 35.9 Å². The number of benzene rings is 2. The highest BCUT2D eigenvalue weighted by atomic mass is 32.2. The number of hydrogen-bond acceptors (Lipinski definition) is 3. The van der Waals surface area contributed by atoms with Crippen LogP contribution in [0.1, 0.15) is 5.56 Å². The molecule has 21 heavy (non-hydrogen) atoms. The lowest BCUT2D eigenvalue weighted by Gasteiger charge is -2.13. The molecule has 3 aromatic rings. The van der Waals surface area contributed by atoms with Gasteiger partial charge in [0.1, 0.15) is 0 Å². The van der Waals surface area contributed by atoms with E-state index in [0.29, 0.717) is 0 Å². The molecule has 0 saturated heterocycles. The molecule has 2 nitrogen and oxygen atoms in total. The lowest BCUT2D eigenvalue weighted by atomic mass is 10.1. The van der Waals surface area contributed by atoms with Crippen LogP contribution in [0.3, 0.4) is 0 Å². The normalized spacial score (nSPS) is 15.7. The lowest BCUT2D eigenvalue weighted by Crippen LogP contribution is -2.09. The molecule has 0 unspecified atom stereocenters. The van der Waals surface area contributed by atoms with Gasteiger partial charge in [-0.2, -0.15) is 0 Å². The van der Waals surface area contributed by atoms with Crippen molar-refractivity contribution in [3.05, 3.63) is 71.4 Å². The van der Waals surface area contributed by atoms with E-state index in [1.165, 1.54) is 26.6 Å². The van der Waals surface area contributed by atoms with E-state index in [0.717, 1.165) is 5.52 Å². The van der Waals surface area contributed by atoms with Crippen LogP contribution in [0.15, 0.2) is 70.7 Å². The number of fused-ring (bicyclic) bond motifs is 2. The van der Waals surface area contributed by atoms with Gasteiger partial charge in [-0.25, -0.2) is 0 Å². The molecule has 0 N–H and O–H groups in total. The third-order valence-corrected chi connectivity index (χ3v) is 4.90. The van der Waals surface area contributed by atoms with E-state index >= 15 is 0 Å². The van der Waals surface area contributed by atoms with Crippen LogP contribution in [0.25, 0.3) is 17.0 Å². The summed E-state index contributed by atoms with van der Waals surface area (Å²) in [7, 11) is 2.12. The van der Waals surface area contributed by atoms with Crippen molar-refractivity contribution in [2.45, 2.75) is 4.90 Å². The van der Waals surface area contributed by atoms with Crippen LogP contribution in [-0.4, -0.2) is 12.0 Å². The van der Waals surface area contributed by atoms with E-state index in [4.69, 9.17) is 0 Å². The summed E-state index contributed by atoms with van der Waals surface area (Å²) in [5.74, 6) is 0. The van der Waals surface area contributed by atoms with Crippen LogP contribution in [0.2, 0.25) is 0 Å². The highest BCUT2D eigenvalue weighted by molar-refractivity contribution is 8.03. The molecule has 2 heterocycles. The van der Waals surface area contributed by atoms with Gasteiger partial charge in [-0.15, -0.1) is 0 Å². The minimum Gasteiger partial charge on any atom is -0.338 e. The molecule has 4 rings (SSSR count). The monoisotopic (exact) mass is 290 g/mol. The SMILES string of the molecule is CN1/C(=C/c2ccnc3ccccc23)Sc2ccccc21. The fourth-order valence-electron chi connectivity index (χ4n) is 2.62. The zero-order chi connectivity index (χ0) is 14.2. The number of thioether (sulfide) groups is 1. The average molecular weight is 290 g/mol. The summed E-state index contributed by atoms with van der Waals surface area (Å²) in [6.45, 7) is 0. The Morgan fingerprint density at radius 3 is 2.71 bits per heavy atom. The Morgan fingerprint density at radius 2 is 1.81 bits per heavy atom. The van der Waals surface area contributed by atoms with Crippen molar-refractivity contribution in [2.75, 3.05) is 11.9 Å². The zero-order valence-electron chi connectivity index (χ0n) is 11.7. The van der Waals surface area contributed by atoms with E-state index in [-0.39, 0.29) is 0 Å². The highest BCUT2D eigenvalue weighted by Crippen LogP contribution is 2.45. The summed E-state index contributed by atoms with van der Waals surface area (Å²) in [6, 6.07) is 18.8. The Morgan fingerprint density at radius 1 is 1.00 bits per heavy atom. The topological polar surface area (TPSA) is 16.1 Å². The van der Waals surface area contributed by atoms with Gasteiger partial charge >= 0.3 is 0 Å². The highest BCUT2D eigenvalue weighted by Gasteiger charge is 2.21. The third-order valence-electron chi connectivity index (χ3n) is 3.73. The van der Waals surface area contributed by atoms with E-state index in [9.17, 15) is 0 Å². The van der Waals surface area contributed by atoms with Gasteiger partial charge in [-0.1, -0.05) is 42.1 Å². The van der Waals surface area contributed by atoms with Gasteiger partial charge in [0.15, 0.2) is 0 Å². The molecule has 1 aromatic heterocycles. The standard InChI is InChI=1S/C18H14N2S/c1-20-16-8-4-5-9-17(16)21-18(20)12-13-10-11-19-15-7-3-2-6-14(13)15/h2-12H,1H3/b18-12-. The summed E-state index contributed by atoms with van der Waals surface area (Å²) >= 11 is 1.81. The van der Waals surface area contributed by atoms with Crippen LogP contribution in [0.4, 0.5) is 5.69 Å². The molecule has 1 aliphatic rings. The molecule has 0 amide bonds. The number of aromatic nitrogens is 1. The van der Waals surface area contributed by atoms with Crippen LogP contribution in [0, 0.1) is 0 Å². The van der Waals surface area contributed by atoms with Crippen molar-refractivity contribution < 1.29 is 0 Å². The summed E-state index contributed by atoms with van der Waals surface area (Å²) < 4.78 is 0. The number of hydrogen-bond donors (Lipinski definition) is 0. The average Bonchev–Trinajstić information content (AvgIpc) is 2.85. The summed E-state index contributed by atoms with van der Waals surface area (Å²) in [4.78, 5) is 7.98. The molecule has 1 aliphatic heterocycles. The Labute approximate surface area is 128 Å². The Balaban J connectivity index is 1.82. The Kier molecular flexibility index (Phi) is 2.93. The van der Waals surface area contributed by atoms with Gasteiger partial charge in [0.2, 0.25) is 0 Å². The fraction of sp³-hybridized carbons (Fsp3) is 0.0556. The van der Waals surface area contributed by atoms with E-state index in [1.807, 2.05) is 24.0 Å². The van der Waals surface area contributed by atoms with E-state index < -0.39 is 0 Å². The second-order valence-electron chi connectivity index (χ2n) is 5.03. The first-order valence-corrected chi connectivity index (χ1v) is 7.71. The second kappa shape index (κ2) is 4.93. The molecule has 0 spiro atoms. The molecule has 0 aliphatic carbocycles. The molecular formula is C18H14N2S. The number of rotatable bonds is 1. The van der Waals surface area contributed by atoms with Crippen molar-refractivity contribution in [1.29, 1.82) is 0 Å².